The van der Waals surface area contributed by atoms with Crippen molar-refractivity contribution < 1.29 is 4.79 Å². The van der Waals surface area contributed by atoms with E-state index >= 15 is 0 Å². The van der Waals surface area contributed by atoms with Gasteiger partial charge >= 0.3 is 0 Å². The minimum Gasteiger partial charge on any atom is -0.362 e. The summed E-state index contributed by atoms with van der Waals surface area (Å²) in [5.41, 5.74) is 1.54. The van der Waals surface area contributed by atoms with Gasteiger partial charge in [-0.3, -0.25) is 4.79 Å². The highest BCUT2D eigenvalue weighted by molar-refractivity contribution is 6.30. The molecule has 0 bridgehead atoms. The lowest BCUT2D eigenvalue weighted by molar-refractivity contribution is 0.104. The Balaban J connectivity index is 2.11. The first kappa shape index (κ1) is 10.7. The number of halogens is 1. The molecule has 1 aromatic carbocycles. The zero-order chi connectivity index (χ0) is 11.4. The molecule has 80 valence electrons. The molecule has 2 aromatic rings. The van der Waals surface area contributed by atoms with Crippen molar-refractivity contribution in [2.45, 2.75) is 0 Å². The Morgan fingerprint density at radius 1 is 1.19 bits per heavy atom. The number of aromatic amines is 1. The smallest absolute Gasteiger partial charge is 0.185 e. The van der Waals surface area contributed by atoms with E-state index in [-0.39, 0.29) is 5.78 Å². The third kappa shape index (κ3) is 2.61. The van der Waals surface area contributed by atoms with Gasteiger partial charge < -0.3 is 4.98 Å². The van der Waals surface area contributed by atoms with Gasteiger partial charge in [0.15, 0.2) is 5.78 Å². The van der Waals surface area contributed by atoms with Crippen LogP contribution in [0.3, 0.4) is 0 Å². The lowest BCUT2D eigenvalue weighted by Crippen LogP contribution is -1.92. The lowest BCUT2D eigenvalue weighted by atomic mass is 10.1. The predicted molar refractivity (Wildman–Crippen MR) is 65.6 cm³/mol. The van der Waals surface area contributed by atoms with Gasteiger partial charge in [-0.05, 0) is 48.6 Å². The number of hydrogen-bond acceptors (Lipinski definition) is 1. The van der Waals surface area contributed by atoms with Crippen LogP contribution in [0.25, 0.3) is 6.08 Å². The van der Waals surface area contributed by atoms with Gasteiger partial charge in [0, 0.05) is 22.5 Å². The van der Waals surface area contributed by atoms with E-state index in [0.29, 0.717) is 10.6 Å². The molecule has 1 heterocycles. The van der Waals surface area contributed by atoms with Crippen LogP contribution in [-0.4, -0.2) is 10.8 Å². The number of aromatic nitrogens is 1. The highest BCUT2D eigenvalue weighted by Crippen LogP contribution is 2.10. The van der Waals surface area contributed by atoms with Crippen LogP contribution in [0, 0.1) is 0 Å². The molecule has 0 saturated heterocycles. The van der Waals surface area contributed by atoms with E-state index in [9.17, 15) is 4.79 Å². The summed E-state index contributed by atoms with van der Waals surface area (Å²) >= 11 is 5.74. The zero-order valence-corrected chi connectivity index (χ0v) is 9.24. The third-order valence-corrected chi connectivity index (χ3v) is 2.42. The fourth-order valence-electron chi connectivity index (χ4n) is 1.32. The highest BCUT2D eigenvalue weighted by atomic mass is 35.5. The Morgan fingerprint density at radius 3 is 2.56 bits per heavy atom. The van der Waals surface area contributed by atoms with Gasteiger partial charge in [0.05, 0.1) is 0 Å². The number of H-pyrrole nitrogens is 1. The summed E-state index contributed by atoms with van der Waals surface area (Å²) in [4.78, 5) is 14.7. The second kappa shape index (κ2) is 4.81. The van der Waals surface area contributed by atoms with Crippen LogP contribution in [0.1, 0.15) is 16.1 Å². The van der Waals surface area contributed by atoms with Gasteiger partial charge in [-0.15, -0.1) is 0 Å². The van der Waals surface area contributed by atoms with Crippen LogP contribution in [0.15, 0.2) is 48.7 Å². The molecule has 0 radical (unpaired) electrons. The second-order valence-electron chi connectivity index (χ2n) is 3.33. The number of allylic oxidation sites excluding steroid dienone is 1. The van der Waals surface area contributed by atoms with E-state index in [2.05, 4.69) is 4.98 Å². The van der Waals surface area contributed by atoms with E-state index in [0.717, 1.165) is 5.69 Å². The number of carbonyl (C=O) groups is 1. The molecule has 0 saturated carbocycles. The summed E-state index contributed by atoms with van der Waals surface area (Å²) < 4.78 is 0. The van der Waals surface area contributed by atoms with Crippen molar-refractivity contribution in [1.29, 1.82) is 0 Å². The highest BCUT2D eigenvalue weighted by Gasteiger charge is 2.00. The summed E-state index contributed by atoms with van der Waals surface area (Å²) in [6.45, 7) is 0. The Labute approximate surface area is 98.6 Å². The van der Waals surface area contributed by atoms with E-state index in [1.54, 1.807) is 30.3 Å². The molecular formula is C13H10ClNO. The quantitative estimate of drug-likeness (QED) is 0.636. The molecule has 0 amide bonds. The summed E-state index contributed by atoms with van der Waals surface area (Å²) in [5, 5.41) is 0.630. The maximum absolute atomic E-state index is 11.7. The number of nitrogens with one attached hydrogen (secondary N) is 1. The monoisotopic (exact) mass is 231 g/mol. The van der Waals surface area contributed by atoms with Crippen LogP contribution < -0.4 is 0 Å². The Morgan fingerprint density at radius 2 is 1.94 bits per heavy atom. The third-order valence-electron chi connectivity index (χ3n) is 2.17. The van der Waals surface area contributed by atoms with Gasteiger partial charge in [-0.1, -0.05) is 11.6 Å². The molecule has 2 nitrogen and oxygen atoms in total. The van der Waals surface area contributed by atoms with Crippen molar-refractivity contribution in [3.8, 4) is 0 Å². The summed E-state index contributed by atoms with van der Waals surface area (Å²) in [6.07, 6.45) is 5.10. The summed E-state index contributed by atoms with van der Waals surface area (Å²) in [5.74, 6) is -0.0359. The van der Waals surface area contributed by atoms with Crippen molar-refractivity contribution in [2.24, 2.45) is 0 Å². The topological polar surface area (TPSA) is 32.9 Å². The van der Waals surface area contributed by atoms with Crippen LogP contribution >= 0.6 is 11.6 Å². The fraction of sp³-hybridized carbons (Fsp3) is 0. The molecule has 3 heteroatoms. The van der Waals surface area contributed by atoms with E-state index in [1.165, 1.54) is 6.08 Å². The van der Waals surface area contributed by atoms with Crippen molar-refractivity contribution in [3.63, 3.8) is 0 Å². The Kier molecular flexibility index (Phi) is 3.22. The van der Waals surface area contributed by atoms with Gasteiger partial charge in [-0.2, -0.15) is 0 Å². The second-order valence-corrected chi connectivity index (χ2v) is 3.77. The summed E-state index contributed by atoms with van der Waals surface area (Å²) in [7, 11) is 0. The maximum Gasteiger partial charge on any atom is 0.185 e. The zero-order valence-electron chi connectivity index (χ0n) is 8.48. The lowest BCUT2D eigenvalue weighted by Gasteiger charge is -1.95. The fourth-order valence-corrected chi connectivity index (χ4v) is 1.45. The molecule has 1 N–H and O–H groups in total. The molecule has 16 heavy (non-hydrogen) atoms. The average molecular weight is 232 g/mol. The number of hydrogen-bond donors (Lipinski definition) is 1. The molecule has 0 spiro atoms. The Hall–Kier alpha value is -1.80. The van der Waals surface area contributed by atoms with Crippen molar-refractivity contribution in [2.75, 3.05) is 0 Å². The van der Waals surface area contributed by atoms with Crippen LogP contribution in [0.5, 0.6) is 0 Å². The molecule has 0 unspecified atom stereocenters. The van der Waals surface area contributed by atoms with Crippen molar-refractivity contribution in [1.82, 2.24) is 4.98 Å². The minimum absolute atomic E-state index is 0.0359. The molecule has 0 atom stereocenters. The first-order valence-electron chi connectivity index (χ1n) is 4.87. The number of rotatable bonds is 3. The first-order chi connectivity index (χ1) is 7.75. The van der Waals surface area contributed by atoms with Crippen LogP contribution in [0.4, 0.5) is 0 Å². The van der Waals surface area contributed by atoms with Gasteiger partial charge in [-0.25, -0.2) is 0 Å². The first-order valence-corrected chi connectivity index (χ1v) is 5.25. The maximum atomic E-state index is 11.7. The molecule has 1 aromatic heterocycles. The molecular weight excluding hydrogens is 222 g/mol. The molecule has 0 fully saturated rings. The van der Waals surface area contributed by atoms with Gasteiger partial charge in [0.25, 0.3) is 0 Å². The largest absolute Gasteiger partial charge is 0.362 e. The summed E-state index contributed by atoms with van der Waals surface area (Å²) in [6, 6.07) is 10.6. The SMILES string of the molecule is O=C(/C=C/c1ccc[nH]1)c1ccc(Cl)cc1. The van der Waals surface area contributed by atoms with Crippen molar-refractivity contribution >= 4 is 23.5 Å². The predicted octanol–water partition coefficient (Wildman–Crippen LogP) is 3.56. The molecule has 0 aliphatic carbocycles. The van der Waals surface area contributed by atoms with E-state index < -0.39 is 0 Å². The molecule has 0 aliphatic rings. The minimum atomic E-state index is -0.0359. The van der Waals surface area contributed by atoms with E-state index in [4.69, 9.17) is 11.6 Å². The van der Waals surface area contributed by atoms with E-state index in [1.807, 2.05) is 18.3 Å². The number of carbonyl (C=O) groups excluding carboxylic acids is 1. The standard InChI is InChI=1S/C13H10ClNO/c14-11-5-3-10(4-6-11)13(16)8-7-12-2-1-9-15-12/h1-9,15H/b8-7+. The molecule has 2 rings (SSSR count). The average Bonchev–Trinajstić information content (AvgIpc) is 2.80. The van der Waals surface area contributed by atoms with Crippen molar-refractivity contribution in [3.05, 3.63) is 65.0 Å². The number of benzene rings is 1. The van der Waals surface area contributed by atoms with Crippen LogP contribution in [0.2, 0.25) is 5.02 Å². The number of ketones is 1. The van der Waals surface area contributed by atoms with Crippen LogP contribution in [-0.2, 0) is 0 Å². The molecule has 0 aliphatic heterocycles. The van der Waals surface area contributed by atoms with Gasteiger partial charge in [0.1, 0.15) is 0 Å². The Bertz CT molecular complexity index is 497. The van der Waals surface area contributed by atoms with Gasteiger partial charge in [0.2, 0.25) is 0 Å². The normalized spacial score (nSPS) is 10.8.